The van der Waals surface area contributed by atoms with Gasteiger partial charge in [0.2, 0.25) is 11.2 Å². The lowest BCUT2D eigenvalue weighted by Gasteiger charge is -2.13. The van der Waals surface area contributed by atoms with E-state index < -0.39 is 0 Å². The number of benzene rings is 2. The van der Waals surface area contributed by atoms with Crippen molar-refractivity contribution in [3.63, 3.8) is 0 Å². The van der Waals surface area contributed by atoms with Crippen molar-refractivity contribution in [1.29, 1.82) is 0 Å². The molecule has 4 aromatic rings. The van der Waals surface area contributed by atoms with E-state index in [1.807, 2.05) is 30.5 Å². The van der Waals surface area contributed by atoms with Gasteiger partial charge in [0.25, 0.3) is 0 Å². The first-order valence-electron chi connectivity index (χ1n) is 10.2. The van der Waals surface area contributed by atoms with E-state index >= 15 is 0 Å². The summed E-state index contributed by atoms with van der Waals surface area (Å²) in [7, 11) is 4.67. The first-order chi connectivity index (χ1) is 16.1. The lowest BCUT2D eigenvalue weighted by Crippen LogP contribution is -2.08. The largest absolute Gasteiger partial charge is 0.494 e. The summed E-state index contributed by atoms with van der Waals surface area (Å²) in [5, 5.41) is 2.29. The lowest BCUT2D eigenvalue weighted by atomic mass is 10.1. The molecule has 0 spiro atoms. The number of ether oxygens (including phenoxy) is 4. The Morgan fingerprint density at radius 3 is 2.39 bits per heavy atom. The number of fused-ring (bicyclic) bond motifs is 1. The van der Waals surface area contributed by atoms with Crippen LogP contribution in [0.3, 0.4) is 0 Å². The number of methoxy groups -OCH3 is 3. The maximum atomic E-state index is 13.4. The van der Waals surface area contributed by atoms with E-state index in [0.29, 0.717) is 57.6 Å². The lowest BCUT2D eigenvalue weighted by molar-refractivity contribution is 0.324. The van der Waals surface area contributed by atoms with Gasteiger partial charge in [0.05, 0.1) is 50.1 Å². The molecule has 0 amide bonds. The van der Waals surface area contributed by atoms with Crippen LogP contribution < -0.4 is 24.4 Å². The summed E-state index contributed by atoms with van der Waals surface area (Å²) in [6.07, 6.45) is 3.56. The van der Waals surface area contributed by atoms with Crippen LogP contribution in [0.1, 0.15) is 18.2 Å². The molecule has 7 nitrogen and oxygen atoms in total. The smallest absolute Gasteiger partial charge is 0.203 e. The normalized spacial score (nSPS) is 11.2. The van der Waals surface area contributed by atoms with Gasteiger partial charge in [-0.25, -0.2) is 4.98 Å². The average Bonchev–Trinajstić information content (AvgIpc) is 3.36. The summed E-state index contributed by atoms with van der Waals surface area (Å²) < 4.78 is 28.0. The molecule has 0 aliphatic heterocycles. The van der Waals surface area contributed by atoms with Crippen molar-refractivity contribution in [3.05, 3.63) is 62.8 Å². The maximum Gasteiger partial charge on any atom is 0.203 e. The predicted octanol–water partition coefficient (Wildman–Crippen LogP) is 5.51. The third-order valence-electron chi connectivity index (χ3n) is 5.00. The molecule has 4 rings (SSSR count). The second kappa shape index (κ2) is 9.79. The molecular weight excluding hydrogens is 442 g/mol. The Kier molecular flexibility index (Phi) is 6.65. The second-order valence-electron chi connectivity index (χ2n) is 6.93. The first kappa shape index (κ1) is 22.4. The minimum Gasteiger partial charge on any atom is -0.494 e. The third kappa shape index (κ3) is 4.42. The standard InChI is InChI=1S/C25H23NO6S/c1-5-31-16-7-8-17-20(12-16)32-19(23(24(17)27)18-13-33-14-26-18)9-6-15-10-21(28-2)25(30-4)22(11-15)29-3/h6-14H,5H2,1-4H3/b9-6+. The van der Waals surface area contributed by atoms with Crippen molar-refractivity contribution in [2.75, 3.05) is 27.9 Å². The van der Waals surface area contributed by atoms with Gasteiger partial charge in [-0.3, -0.25) is 4.79 Å². The minimum absolute atomic E-state index is 0.158. The number of aromatic nitrogens is 1. The number of thiazole rings is 1. The van der Waals surface area contributed by atoms with Crippen LogP contribution in [0.2, 0.25) is 0 Å². The Balaban J connectivity index is 1.88. The predicted molar refractivity (Wildman–Crippen MR) is 130 cm³/mol. The van der Waals surface area contributed by atoms with E-state index in [-0.39, 0.29) is 5.43 Å². The van der Waals surface area contributed by atoms with Crippen LogP contribution in [0.4, 0.5) is 0 Å². The SMILES string of the molecule is CCOc1ccc2c(=O)c(-c3cscn3)c(/C=C/c3cc(OC)c(OC)c(OC)c3)oc2c1. The molecule has 0 unspecified atom stereocenters. The van der Waals surface area contributed by atoms with Gasteiger partial charge < -0.3 is 23.4 Å². The molecule has 2 aromatic heterocycles. The number of nitrogens with zero attached hydrogens (tertiary/aromatic N) is 1. The molecule has 0 saturated carbocycles. The van der Waals surface area contributed by atoms with E-state index in [2.05, 4.69) is 4.98 Å². The van der Waals surface area contributed by atoms with Gasteiger partial charge in [0.1, 0.15) is 17.1 Å². The summed E-state index contributed by atoms with van der Waals surface area (Å²) in [4.78, 5) is 17.7. The summed E-state index contributed by atoms with van der Waals surface area (Å²) in [6.45, 7) is 2.41. The highest BCUT2D eigenvalue weighted by molar-refractivity contribution is 7.07. The van der Waals surface area contributed by atoms with Crippen molar-refractivity contribution in [3.8, 4) is 34.3 Å². The Bertz CT molecular complexity index is 1330. The molecule has 0 bridgehead atoms. The Morgan fingerprint density at radius 2 is 1.79 bits per heavy atom. The van der Waals surface area contributed by atoms with Crippen LogP contribution in [0.25, 0.3) is 34.4 Å². The molecule has 33 heavy (non-hydrogen) atoms. The summed E-state index contributed by atoms with van der Waals surface area (Å²) in [6, 6.07) is 8.83. The van der Waals surface area contributed by atoms with Gasteiger partial charge in [-0.05, 0) is 42.8 Å². The zero-order chi connectivity index (χ0) is 23.4. The summed E-state index contributed by atoms with van der Waals surface area (Å²) in [5.74, 6) is 2.58. The highest BCUT2D eigenvalue weighted by atomic mass is 32.1. The van der Waals surface area contributed by atoms with E-state index in [1.54, 1.807) is 51.1 Å². The van der Waals surface area contributed by atoms with Crippen molar-refractivity contribution < 1.29 is 23.4 Å². The van der Waals surface area contributed by atoms with Gasteiger partial charge in [0.15, 0.2) is 11.5 Å². The Hall–Kier alpha value is -3.78. The van der Waals surface area contributed by atoms with E-state index in [9.17, 15) is 4.79 Å². The monoisotopic (exact) mass is 465 g/mol. The number of rotatable bonds is 8. The molecular formula is C25H23NO6S. The molecule has 0 N–H and O–H groups in total. The molecule has 2 heterocycles. The van der Waals surface area contributed by atoms with Crippen molar-refractivity contribution >= 4 is 34.5 Å². The molecule has 0 aliphatic rings. The van der Waals surface area contributed by atoms with Crippen LogP contribution in [-0.4, -0.2) is 32.9 Å². The number of hydrogen-bond acceptors (Lipinski definition) is 8. The van der Waals surface area contributed by atoms with Crippen molar-refractivity contribution in [1.82, 2.24) is 4.98 Å². The van der Waals surface area contributed by atoms with Crippen LogP contribution in [0.15, 0.2) is 50.4 Å². The maximum absolute atomic E-state index is 13.4. The summed E-state index contributed by atoms with van der Waals surface area (Å²) >= 11 is 1.41. The second-order valence-corrected chi connectivity index (χ2v) is 7.65. The molecule has 170 valence electrons. The van der Waals surface area contributed by atoms with Crippen molar-refractivity contribution in [2.45, 2.75) is 6.92 Å². The minimum atomic E-state index is -0.158. The third-order valence-corrected chi connectivity index (χ3v) is 5.59. The van der Waals surface area contributed by atoms with Gasteiger partial charge in [-0.15, -0.1) is 11.3 Å². The first-order valence-corrected chi connectivity index (χ1v) is 11.1. The Morgan fingerprint density at radius 1 is 1.03 bits per heavy atom. The van der Waals surface area contributed by atoms with E-state index in [1.165, 1.54) is 11.3 Å². The van der Waals surface area contributed by atoms with Gasteiger partial charge >= 0.3 is 0 Å². The molecule has 0 aliphatic carbocycles. The van der Waals surface area contributed by atoms with Crippen LogP contribution in [-0.2, 0) is 0 Å². The number of hydrogen-bond donors (Lipinski definition) is 0. The van der Waals surface area contributed by atoms with Crippen LogP contribution in [0.5, 0.6) is 23.0 Å². The molecule has 2 aromatic carbocycles. The summed E-state index contributed by atoms with van der Waals surface area (Å²) in [5.41, 5.74) is 3.71. The average molecular weight is 466 g/mol. The highest BCUT2D eigenvalue weighted by Gasteiger charge is 2.17. The van der Waals surface area contributed by atoms with Gasteiger partial charge in [-0.1, -0.05) is 6.08 Å². The zero-order valence-electron chi connectivity index (χ0n) is 18.7. The molecule has 8 heteroatoms. The molecule has 0 atom stereocenters. The fourth-order valence-corrected chi connectivity index (χ4v) is 4.06. The van der Waals surface area contributed by atoms with Gasteiger partial charge in [0, 0.05) is 11.4 Å². The zero-order valence-corrected chi connectivity index (χ0v) is 19.5. The van der Waals surface area contributed by atoms with Crippen LogP contribution >= 0.6 is 11.3 Å². The molecule has 0 fully saturated rings. The van der Waals surface area contributed by atoms with E-state index in [0.717, 1.165) is 5.56 Å². The molecule has 0 radical (unpaired) electrons. The fraction of sp³-hybridized carbons (Fsp3) is 0.200. The highest BCUT2D eigenvalue weighted by Crippen LogP contribution is 2.39. The van der Waals surface area contributed by atoms with Gasteiger partial charge in [-0.2, -0.15) is 0 Å². The quantitative estimate of drug-likeness (QED) is 0.339. The Labute approximate surface area is 194 Å². The molecule has 0 saturated heterocycles. The van der Waals surface area contributed by atoms with E-state index in [4.69, 9.17) is 23.4 Å². The fourth-order valence-electron chi connectivity index (χ4n) is 3.51. The topological polar surface area (TPSA) is 80.0 Å². The van der Waals surface area contributed by atoms with Crippen LogP contribution in [0, 0.1) is 0 Å². The van der Waals surface area contributed by atoms with Crippen molar-refractivity contribution in [2.24, 2.45) is 0 Å².